The number of nitrogens with zero attached hydrogens (tertiary/aromatic N) is 1. The molecule has 5 nitrogen and oxygen atoms in total. The molecule has 0 saturated carbocycles. The monoisotopic (exact) mass is 302 g/mol. The smallest absolute Gasteiger partial charge is 0.215 e. The molecule has 0 spiro atoms. The number of hydrogen-bond acceptors (Lipinski definition) is 3. The van der Waals surface area contributed by atoms with Crippen molar-refractivity contribution >= 4 is 20.9 Å². The highest BCUT2D eigenvalue weighted by Gasteiger charge is 2.11. The summed E-state index contributed by atoms with van der Waals surface area (Å²) in [6.07, 6.45) is 1.78. The van der Waals surface area contributed by atoms with Crippen molar-refractivity contribution in [3.8, 4) is 0 Å². The Morgan fingerprint density at radius 2 is 2.30 bits per heavy atom. The summed E-state index contributed by atoms with van der Waals surface area (Å²) >= 11 is 0. The Morgan fingerprint density at radius 3 is 2.95 bits per heavy atom. The largest absolute Gasteiger partial charge is 0.361 e. The van der Waals surface area contributed by atoms with Crippen molar-refractivity contribution in [1.29, 1.82) is 0 Å². The van der Waals surface area contributed by atoms with Gasteiger partial charge < -0.3 is 9.88 Å². The average molecular weight is 302 g/mol. The SMILES string of the molecule is [2H]c1c(C([2H])([2H])S(=O)(=O)N([2H])C)c([2H])c2c(CCN(C)C)cn([2H])c2c1[2H]. The van der Waals surface area contributed by atoms with Gasteiger partial charge in [0.1, 0.15) is 1.41 Å². The van der Waals surface area contributed by atoms with Crippen molar-refractivity contribution in [3.63, 3.8) is 0 Å². The van der Waals surface area contributed by atoms with Crippen LogP contribution in [0.15, 0.2) is 24.3 Å². The maximum absolute atomic E-state index is 12.3. The van der Waals surface area contributed by atoms with E-state index in [1.54, 1.807) is 0 Å². The molecular weight excluding hydrogens is 274 g/mol. The fourth-order valence-corrected chi connectivity index (χ4v) is 2.15. The Labute approximate surface area is 130 Å². The highest BCUT2D eigenvalue weighted by molar-refractivity contribution is 7.88. The number of nitrogens with one attached hydrogen (secondary N) is 2. The van der Waals surface area contributed by atoms with Crippen LogP contribution in [0.5, 0.6) is 0 Å². The minimum atomic E-state index is -4.84. The van der Waals surface area contributed by atoms with E-state index in [9.17, 15) is 8.42 Å². The molecule has 0 bridgehead atoms. The number of aromatic amines is 1. The van der Waals surface area contributed by atoms with E-state index in [1.807, 2.05) is 19.0 Å². The van der Waals surface area contributed by atoms with E-state index in [2.05, 4.69) is 0 Å². The lowest BCUT2D eigenvalue weighted by Gasteiger charge is -2.08. The van der Waals surface area contributed by atoms with Gasteiger partial charge in [0.25, 0.3) is 0 Å². The zero-order chi connectivity index (χ0) is 20.9. The summed E-state index contributed by atoms with van der Waals surface area (Å²) in [5.41, 5.74) is -3.60. The van der Waals surface area contributed by atoms with Gasteiger partial charge in [0.2, 0.25) is 10.0 Å². The summed E-state index contributed by atoms with van der Waals surface area (Å²) in [4.78, 5) is 2.72. The highest BCUT2D eigenvalue weighted by atomic mass is 32.2. The molecule has 1 aromatic carbocycles. The second-order valence-corrected chi connectivity index (χ2v) is 6.09. The minimum absolute atomic E-state index is 0.0464. The first kappa shape index (κ1) is 8.17. The lowest BCUT2D eigenvalue weighted by Crippen LogP contribution is -2.20. The topological polar surface area (TPSA) is 65.2 Å². The molecule has 110 valence electrons. The normalized spacial score (nSPS) is 18.4. The van der Waals surface area contributed by atoms with Crippen LogP contribution in [-0.4, -0.2) is 46.0 Å². The van der Waals surface area contributed by atoms with Crippen LogP contribution < -0.4 is 4.72 Å². The number of fused-ring (bicyclic) bond motifs is 1. The third-order valence-corrected chi connectivity index (χ3v) is 3.71. The number of likely N-dealkylation sites (N-methyl/N-ethyl adjacent to an activating group) is 1. The Balaban J connectivity index is 2.89. The molecule has 2 N–H and O–H groups in total. The molecule has 2 rings (SSSR count). The molecule has 0 aliphatic heterocycles. The lowest BCUT2D eigenvalue weighted by molar-refractivity contribution is 0.414. The van der Waals surface area contributed by atoms with Crippen molar-refractivity contribution in [3.05, 3.63) is 35.5 Å². The quantitative estimate of drug-likeness (QED) is 0.846. The molecule has 20 heavy (non-hydrogen) atoms. The lowest BCUT2D eigenvalue weighted by atomic mass is 10.1. The van der Waals surface area contributed by atoms with E-state index >= 15 is 0 Å². The molecule has 2 aromatic rings. The highest BCUT2D eigenvalue weighted by Crippen LogP contribution is 2.21. The van der Waals surface area contributed by atoms with Crippen LogP contribution >= 0.6 is 0 Å². The summed E-state index contributed by atoms with van der Waals surface area (Å²) in [6.45, 7) is 0.560. The van der Waals surface area contributed by atoms with Crippen LogP contribution in [0.4, 0.5) is 0 Å². The Hall–Kier alpha value is -1.37. The van der Waals surface area contributed by atoms with Gasteiger partial charge in [0, 0.05) is 26.4 Å². The van der Waals surface area contributed by atoms with Crippen LogP contribution in [0.2, 0.25) is 2.82 Å². The Kier molecular flexibility index (Phi) is 2.43. The van der Waals surface area contributed by atoms with Gasteiger partial charge in [0.05, 0.1) is 9.82 Å². The summed E-state index contributed by atoms with van der Waals surface area (Å²) in [5.74, 6) is 0. The fourth-order valence-electron chi connectivity index (χ4n) is 1.70. The van der Waals surface area contributed by atoms with Gasteiger partial charge >= 0.3 is 0 Å². The molecule has 0 radical (unpaired) electrons. The number of H-pyrrole nitrogens is 1. The molecular formula is C14H21N3O2S. The molecule has 0 fully saturated rings. The van der Waals surface area contributed by atoms with Crippen LogP contribution in [-0.2, 0) is 22.1 Å². The number of rotatable bonds is 6. The Bertz CT molecular complexity index is 987. The van der Waals surface area contributed by atoms with E-state index in [1.165, 1.54) is 6.20 Å². The summed E-state index contributed by atoms with van der Waals surface area (Å²) in [7, 11) is -0.340. The van der Waals surface area contributed by atoms with Crippen molar-refractivity contribution in [2.24, 2.45) is 0 Å². The number of hydrogen-bond donors (Lipinski definition) is 2. The van der Waals surface area contributed by atoms with Gasteiger partial charge in [0.15, 0.2) is 1.41 Å². The minimum Gasteiger partial charge on any atom is -0.361 e. The molecule has 0 amide bonds. The molecule has 6 heteroatoms. The van der Waals surface area contributed by atoms with Crippen LogP contribution in [0.25, 0.3) is 10.9 Å². The van der Waals surface area contributed by atoms with Gasteiger partial charge in [-0.2, -0.15) is 0 Å². The van der Waals surface area contributed by atoms with Crippen LogP contribution in [0, 0.1) is 0 Å². The van der Waals surface area contributed by atoms with Crippen LogP contribution in [0.1, 0.15) is 18.0 Å². The zero-order valence-electron chi connectivity index (χ0n) is 18.6. The van der Waals surface area contributed by atoms with Gasteiger partial charge in [-0.15, -0.1) is 0 Å². The first-order valence-corrected chi connectivity index (χ1v) is 7.44. The third kappa shape index (κ3) is 3.59. The van der Waals surface area contributed by atoms with Gasteiger partial charge in [-0.3, -0.25) is 0 Å². The average Bonchev–Trinajstić information content (AvgIpc) is 2.87. The molecule has 0 unspecified atom stereocenters. The van der Waals surface area contributed by atoms with Gasteiger partial charge in [-0.25, -0.2) is 13.1 Å². The Morgan fingerprint density at radius 1 is 1.55 bits per heavy atom. The standard InChI is InChI=1S/C14H21N3O2S/c1-15-20(18,19)10-11-4-5-14-13(8-11)12(9-16-14)6-7-17(2)3/h4-5,8-9,15-16H,6-7,10H2,1-3H3/i4D,5D,8D,10D2/hD2. The van der Waals surface area contributed by atoms with Crippen molar-refractivity contribution in [1.82, 2.24) is 14.6 Å². The summed E-state index contributed by atoms with van der Waals surface area (Å²) < 4.78 is 80.5. The van der Waals surface area contributed by atoms with Crippen molar-refractivity contribution in [2.45, 2.75) is 12.1 Å². The van der Waals surface area contributed by atoms with Crippen LogP contribution in [0.3, 0.4) is 0 Å². The molecule has 1 aromatic heterocycles. The molecule has 0 saturated heterocycles. The number of aromatic nitrogens is 1. The maximum atomic E-state index is 12.3. The van der Waals surface area contributed by atoms with E-state index in [0.29, 0.717) is 18.5 Å². The summed E-state index contributed by atoms with van der Waals surface area (Å²) in [6, 6.07) is -1.87. The zero-order valence-corrected chi connectivity index (χ0v) is 12.4. The first-order valence-electron chi connectivity index (χ1n) is 9.40. The van der Waals surface area contributed by atoms with Gasteiger partial charge in [-0.1, -0.05) is 6.04 Å². The van der Waals surface area contributed by atoms with Gasteiger partial charge in [-0.05, 0) is 50.8 Å². The van der Waals surface area contributed by atoms with E-state index < -0.39 is 39.4 Å². The molecule has 0 aliphatic rings. The fraction of sp³-hybridized carbons (Fsp3) is 0.429. The third-order valence-electron chi connectivity index (χ3n) is 2.76. The second kappa shape index (κ2) is 5.95. The predicted octanol–water partition coefficient (Wildman–Crippen LogP) is 1.32. The van der Waals surface area contributed by atoms with Crippen molar-refractivity contribution < 1.29 is 18.1 Å². The summed E-state index contributed by atoms with van der Waals surface area (Å²) in [5, 5.41) is 0.0783. The molecule has 1 heterocycles. The van der Waals surface area contributed by atoms with Crippen molar-refractivity contribution in [2.75, 3.05) is 27.7 Å². The first-order chi connectivity index (χ1) is 12.2. The number of benzene rings is 1. The van der Waals surface area contributed by atoms with E-state index in [0.717, 1.165) is 12.0 Å². The second-order valence-electron chi connectivity index (χ2n) is 4.57. The maximum Gasteiger partial charge on any atom is 0.215 e. The molecule has 0 atom stereocenters. The van der Waals surface area contributed by atoms with E-state index in [-0.39, 0.29) is 15.6 Å². The number of sulfonamides is 1. The van der Waals surface area contributed by atoms with E-state index in [4.69, 9.17) is 9.68 Å². The predicted molar refractivity (Wildman–Crippen MR) is 82.2 cm³/mol. The molecule has 0 aliphatic carbocycles.